The summed E-state index contributed by atoms with van der Waals surface area (Å²) in [7, 11) is 0. The molecule has 328 valence electrons. The van der Waals surface area contributed by atoms with Crippen LogP contribution in [0, 0.1) is 0 Å². The summed E-state index contributed by atoms with van der Waals surface area (Å²) in [6.07, 6.45) is 60.2. The third kappa shape index (κ3) is 47.4. The van der Waals surface area contributed by atoms with Crippen LogP contribution in [0.5, 0.6) is 0 Å². The molecule has 55 heavy (non-hydrogen) atoms. The normalized spacial score (nSPS) is 12.3. The standard InChI is InChI=1S/C51H100O4/c1-3-5-7-9-11-13-15-17-19-21-23-25-26-27-28-30-32-34-36-38-40-42-44-46-51(53)55-50(48-52)49-54-47-45-43-41-39-37-35-33-31-29-24-22-20-18-16-14-12-10-8-6-4-2/h18,20,50,52H,3-17,19,21-49H2,1-2H3/b20-18-. The van der Waals surface area contributed by atoms with Gasteiger partial charge in [-0.05, 0) is 38.5 Å². The lowest BCUT2D eigenvalue weighted by atomic mass is 10.0. The van der Waals surface area contributed by atoms with Crippen LogP contribution in [0.25, 0.3) is 0 Å². The van der Waals surface area contributed by atoms with Crippen LogP contribution < -0.4 is 0 Å². The highest BCUT2D eigenvalue weighted by molar-refractivity contribution is 5.69. The molecule has 0 bridgehead atoms. The van der Waals surface area contributed by atoms with E-state index in [1.165, 1.54) is 244 Å². The molecule has 1 atom stereocenters. The van der Waals surface area contributed by atoms with E-state index >= 15 is 0 Å². The maximum absolute atomic E-state index is 12.3. The van der Waals surface area contributed by atoms with Gasteiger partial charge in [-0.2, -0.15) is 0 Å². The van der Waals surface area contributed by atoms with Crippen LogP contribution in [0.1, 0.15) is 284 Å². The SMILES string of the molecule is CCCCCCCC/C=C\CCCCCCCCCCCCOCC(CO)OC(=O)CCCCCCCCCCCCCCCCCCCCCCCCC. The molecule has 0 heterocycles. The minimum atomic E-state index is -0.529. The lowest BCUT2D eigenvalue weighted by Gasteiger charge is -2.16. The summed E-state index contributed by atoms with van der Waals surface area (Å²) >= 11 is 0. The quantitative estimate of drug-likeness (QED) is 0.0380. The number of ether oxygens (including phenoxy) is 2. The second kappa shape index (κ2) is 49.3. The Balaban J connectivity index is 3.35. The lowest BCUT2D eigenvalue weighted by molar-refractivity contribution is -0.154. The summed E-state index contributed by atoms with van der Waals surface area (Å²) in [5.74, 6) is -0.193. The Hall–Kier alpha value is -0.870. The van der Waals surface area contributed by atoms with Crippen molar-refractivity contribution in [1.82, 2.24) is 0 Å². The van der Waals surface area contributed by atoms with Crippen molar-refractivity contribution < 1.29 is 19.4 Å². The Labute approximate surface area is 345 Å². The van der Waals surface area contributed by atoms with E-state index in [2.05, 4.69) is 26.0 Å². The first-order chi connectivity index (χ1) is 27.2. The minimum absolute atomic E-state index is 0.166. The van der Waals surface area contributed by atoms with Crippen molar-refractivity contribution in [2.45, 2.75) is 290 Å². The summed E-state index contributed by atoms with van der Waals surface area (Å²) in [4.78, 5) is 12.3. The van der Waals surface area contributed by atoms with Crippen molar-refractivity contribution in [1.29, 1.82) is 0 Å². The number of carbonyl (C=O) groups excluding carboxylic acids is 1. The van der Waals surface area contributed by atoms with Gasteiger partial charge >= 0.3 is 5.97 Å². The van der Waals surface area contributed by atoms with Crippen LogP contribution in [-0.4, -0.2) is 37.0 Å². The zero-order valence-corrected chi connectivity index (χ0v) is 37.7. The van der Waals surface area contributed by atoms with E-state index in [1.807, 2.05) is 0 Å². The van der Waals surface area contributed by atoms with Gasteiger partial charge in [0.25, 0.3) is 0 Å². The van der Waals surface area contributed by atoms with Crippen LogP contribution in [0.15, 0.2) is 12.2 Å². The molecule has 1 unspecified atom stereocenters. The highest BCUT2D eigenvalue weighted by Gasteiger charge is 2.13. The fourth-order valence-corrected chi connectivity index (χ4v) is 7.80. The highest BCUT2D eigenvalue weighted by Crippen LogP contribution is 2.17. The highest BCUT2D eigenvalue weighted by atomic mass is 16.6. The maximum atomic E-state index is 12.3. The van der Waals surface area contributed by atoms with Crippen LogP contribution in [0.4, 0.5) is 0 Å². The summed E-state index contributed by atoms with van der Waals surface area (Å²) in [6.45, 7) is 5.40. The molecule has 0 amide bonds. The average molecular weight is 777 g/mol. The van der Waals surface area contributed by atoms with Gasteiger partial charge in [-0.15, -0.1) is 0 Å². The number of aliphatic hydroxyl groups excluding tert-OH is 1. The summed E-state index contributed by atoms with van der Waals surface area (Å²) in [5.41, 5.74) is 0. The van der Waals surface area contributed by atoms with Gasteiger partial charge in [-0.25, -0.2) is 0 Å². The van der Waals surface area contributed by atoms with Crippen molar-refractivity contribution in [3.05, 3.63) is 12.2 Å². The Morgan fingerprint density at radius 2 is 0.709 bits per heavy atom. The van der Waals surface area contributed by atoms with Crippen molar-refractivity contribution in [3.8, 4) is 0 Å². The molecule has 4 heteroatoms. The molecular weight excluding hydrogens is 677 g/mol. The molecule has 0 aliphatic rings. The first-order valence-corrected chi connectivity index (χ1v) is 25.3. The first-order valence-electron chi connectivity index (χ1n) is 25.3. The number of hydrogen-bond donors (Lipinski definition) is 1. The zero-order chi connectivity index (χ0) is 39.8. The molecule has 0 aromatic heterocycles. The van der Waals surface area contributed by atoms with Crippen molar-refractivity contribution >= 4 is 5.97 Å². The van der Waals surface area contributed by atoms with E-state index in [0.717, 1.165) is 19.3 Å². The van der Waals surface area contributed by atoms with Crippen molar-refractivity contribution in [2.24, 2.45) is 0 Å². The third-order valence-corrected chi connectivity index (χ3v) is 11.6. The number of carbonyl (C=O) groups is 1. The fourth-order valence-electron chi connectivity index (χ4n) is 7.80. The van der Waals surface area contributed by atoms with Crippen LogP contribution >= 0.6 is 0 Å². The Kier molecular flexibility index (Phi) is 48.5. The van der Waals surface area contributed by atoms with E-state index < -0.39 is 6.10 Å². The topological polar surface area (TPSA) is 55.8 Å². The van der Waals surface area contributed by atoms with Gasteiger partial charge in [0.1, 0.15) is 6.10 Å². The minimum Gasteiger partial charge on any atom is -0.457 e. The number of unbranched alkanes of at least 4 members (excludes halogenated alkanes) is 38. The van der Waals surface area contributed by atoms with Crippen LogP contribution in [0.2, 0.25) is 0 Å². The van der Waals surface area contributed by atoms with E-state index in [9.17, 15) is 9.90 Å². The average Bonchev–Trinajstić information content (AvgIpc) is 3.19. The van der Waals surface area contributed by atoms with Gasteiger partial charge in [0.05, 0.1) is 13.2 Å². The molecule has 0 radical (unpaired) electrons. The van der Waals surface area contributed by atoms with Gasteiger partial charge in [-0.3, -0.25) is 4.79 Å². The molecule has 0 aliphatic heterocycles. The van der Waals surface area contributed by atoms with Crippen molar-refractivity contribution in [2.75, 3.05) is 19.8 Å². The number of aliphatic hydroxyl groups is 1. The van der Waals surface area contributed by atoms with E-state index in [-0.39, 0.29) is 12.6 Å². The molecule has 0 aliphatic carbocycles. The molecule has 0 rings (SSSR count). The van der Waals surface area contributed by atoms with Crippen molar-refractivity contribution in [3.63, 3.8) is 0 Å². The predicted octanol–water partition coefficient (Wildman–Crippen LogP) is 16.9. The van der Waals surface area contributed by atoms with E-state index in [4.69, 9.17) is 9.47 Å². The summed E-state index contributed by atoms with van der Waals surface area (Å²) in [6, 6.07) is 0. The Bertz CT molecular complexity index is 736. The summed E-state index contributed by atoms with van der Waals surface area (Å²) in [5, 5.41) is 9.64. The fraction of sp³-hybridized carbons (Fsp3) is 0.941. The molecule has 4 nitrogen and oxygen atoms in total. The number of allylic oxidation sites excluding steroid dienone is 2. The zero-order valence-electron chi connectivity index (χ0n) is 37.7. The van der Waals surface area contributed by atoms with Gasteiger partial charge in [-0.1, -0.05) is 251 Å². The lowest BCUT2D eigenvalue weighted by Crippen LogP contribution is -2.27. The number of hydrogen-bond acceptors (Lipinski definition) is 4. The predicted molar refractivity (Wildman–Crippen MR) is 242 cm³/mol. The first kappa shape index (κ1) is 54.1. The molecule has 0 saturated heterocycles. The van der Waals surface area contributed by atoms with Crippen LogP contribution in [-0.2, 0) is 14.3 Å². The maximum Gasteiger partial charge on any atom is 0.306 e. The second-order valence-corrected chi connectivity index (χ2v) is 17.2. The molecule has 0 fully saturated rings. The van der Waals surface area contributed by atoms with Gasteiger partial charge < -0.3 is 14.6 Å². The van der Waals surface area contributed by atoms with Gasteiger partial charge in [0.15, 0.2) is 0 Å². The summed E-state index contributed by atoms with van der Waals surface area (Å²) < 4.78 is 11.2. The second-order valence-electron chi connectivity index (χ2n) is 17.2. The molecule has 0 spiro atoms. The van der Waals surface area contributed by atoms with Gasteiger partial charge in [0, 0.05) is 13.0 Å². The van der Waals surface area contributed by atoms with E-state index in [1.54, 1.807) is 0 Å². The largest absolute Gasteiger partial charge is 0.457 e. The number of rotatable bonds is 48. The number of esters is 1. The Morgan fingerprint density at radius 3 is 1.04 bits per heavy atom. The molecule has 0 aromatic rings. The smallest absolute Gasteiger partial charge is 0.306 e. The monoisotopic (exact) mass is 777 g/mol. The molecule has 0 aromatic carbocycles. The Morgan fingerprint density at radius 1 is 0.418 bits per heavy atom. The van der Waals surface area contributed by atoms with E-state index in [0.29, 0.717) is 19.6 Å². The van der Waals surface area contributed by atoms with Gasteiger partial charge in [0.2, 0.25) is 0 Å². The van der Waals surface area contributed by atoms with Crippen LogP contribution in [0.3, 0.4) is 0 Å². The third-order valence-electron chi connectivity index (χ3n) is 11.6. The molecule has 0 saturated carbocycles. The molecule has 1 N–H and O–H groups in total. The molecular formula is C51H100O4.